The number of carbonyl (C=O) groups excluding carboxylic acids is 1. The van der Waals surface area contributed by atoms with Crippen LogP contribution < -0.4 is 5.32 Å². The van der Waals surface area contributed by atoms with Crippen LogP contribution in [-0.2, 0) is 0 Å². The van der Waals surface area contributed by atoms with Crippen LogP contribution in [0.5, 0.6) is 0 Å². The van der Waals surface area contributed by atoms with E-state index in [1.165, 1.54) is 11.3 Å². The van der Waals surface area contributed by atoms with Gasteiger partial charge < -0.3 is 10.2 Å². The molecule has 1 saturated heterocycles. The molecule has 0 unspecified atom stereocenters. The average Bonchev–Trinajstić information content (AvgIpc) is 3.04. The predicted molar refractivity (Wildman–Crippen MR) is 90.5 cm³/mol. The fourth-order valence-electron chi connectivity index (χ4n) is 2.66. The van der Waals surface area contributed by atoms with Crippen LogP contribution in [0.4, 0.5) is 0 Å². The molecule has 2 heterocycles. The van der Waals surface area contributed by atoms with Crippen molar-refractivity contribution in [2.24, 2.45) is 0 Å². The van der Waals surface area contributed by atoms with Crippen LogP contribution in [0.2, 0.25) is 5.02 Å². The largest absolute Gasteiger partial charge is 0.337 e. The summed E-state index contributed by atoms with van der Waals surface area (Å²) in [5.74, 6) is 0.0177. The number of aromatic nitrogens is 1. The maximum atomic E-state index is 12.5. The molecule has 0 saturated carbocycles. The lowest BCUT2D eigenvalue weighted by molar-refractivity contribution is 0.0702. The lowest BCUT2D eigenvalue weighted by atomic mass is 10.1. The minimum absolute atomic E-state index is 0.0177. The van der Waals surface area contributed by atoms with E-state index in [2.05, 4.69) is 10.3 Å². The van der Waals surface area contributed by atoms with Gasteiger partial charge in [-0.25, -0.2) is 4.98 Å². The van der Waals surface area contributed by atoms with Crippen molar-refractivity contribution in [3.05, 3.63) is 40.4 Å². The minimum Gasteiger partial charge on any atom is -0.337 e. The highest BCUT2D eigenvalue weighted by molar-refractivity contribution is 7.13. The Morgan fingerprint density at radius 2 is 2.09 bits per heavy atom. The third-order valence-corrected chi connectivity index (χ3v) is 5.22. The van der Waals surface area contributed by atoms with Crippen LogP contribution in [0.15, 0.2) is 29.6 Å². The molecule has 1 aliphatic heterocycles. The zero-order valence-electron chi connectivity index (χ0n) is 12.4. The summed E-state index contributed by atoms with van der Waals surface area (Å²) in [7, 11) is 1.97. The Kier molecular flexibility index (Phi) is 4.76. The molecule has 3 rings (SSSR count). The topological polar surface area (TPSA) is 45.2 Å². The van der Waals surface area contributed by atoms with Gasteiger partial charge >= 0.3 is 0 Å². The second kappa shape index (κ2) is 6.77. The standard InChI is InChI=1S/C16H18ClN3OS/c1-18-11-6-8-20(9-7-11)16(21)14-10-22-15(19-14)12-4-2-3-5-13(12)17/h2-5,10-11,18H,6-9H2,1H3. The van der Waals surface area contributed by atoms with E-state index in [0.29, 0.717) is 16.8 Å². The van der Waals surface area contributed by atoms with E-state index in [9.17, 15) is 4.79 Å². The fourth-order valence-corrected chi connectivity index (χ4v) is 3.78. The van der Waals surface area contributed by atoms with Gasteiger partial charge in [-0.1, -0.05) is 29.8 Å². The van der Waals surface area contributed by atoms with Crippen LogP contribution in [0, 0.1) is 0 Å². The van der Waals surface area contributed by atoms with Gasteiger partial charge in [0, 0.05) is 30.1 Å². The van der Waals surface area contributed by atoms with Crippen LogP contribution in [-0.4, -0.2) is 42.0 Å². The van der Waals surface area contributed by atoms with Crippen molar-refractivity contribution in [1.82, 2.24) is 15.2 Å². The number of thiazole rings is 1. The first-order valence-corrected chi connectivity index (χ1v) is 8.62. The monoisotopic (exact) mass is 335 g/mol. The first kappa shape index (κ1) is 15.5. The number of likely N-dealkylation sites (tertiary alicyclic amines) is 1. The van der Waals surface area contributed by atoms with Gasteiger partial charge in [-0.2, -0.15) is 0 Å². The summed E-state index contributed by atoms with van der Waals surface area (Å²) in [6.07, 6.45) is 1.98. The number of halogens is 1. The second-order valence-corrected chi connectivity index (χ2v) is 6.64. The van der Waals surface area contributed by atoms with Gasteiger partial charge in [0.2, 0.25) is 0 Å². The molecule has 4 nitrogen and oxygen atoms in total. The molecule has 2 aromatic rings. The van der Waals surface area contributed by atoms with Crippen LogP contribution in [0.25, 0.3) is 10.6 Å². The van der Waals surface area contributed by atoms with Crippen molar-refractivity contribution in [3.8, 4) is 10.6 Å². The quantitative estimate of drug-likeness (QED) is 0.936. The number of carbonyl (C=O) groups is 1. The molecule has 1 N–H and O–H groups in total. The summed E-state index contributed by atoms with van der Waals surface area (Å²) in [5, 5.41) is 6.54. The first-order valence-electron chi connectivity index (χ1n) is 7.36. The molecular weight excluding hydrogens is 318 g/mol. The van der Waals surface area contributed by atoms with E-state index in [0.717, 1.165) is 36.5 Å². The predicted octanol–water partition coefficient (Wildman–Crippen LogP) is 3.29. The zero-order chi connectivity index (χ0) is 15.5. The number of nitrogens with zero attached hydrogens (tertiary/aromatic N) is 2. The van der Waals surface area contributed by atoms with Crippen molar-refractivity contribution < 1.29 is 4.79 Å². The van der Waals surface area contributed by atoms with Gasteiger partial charge in [0.25, 0.3) is 5.91 Å². The van der Waals surface area contributed by atoms with E-state index >= 15 is 0 Å². The Bertz CT molecular complexity index is 665. The second-order valence-electron chi connectivity index (χ2n) is 5.37. The third kappa shape index (κ3) is 3.16. The van der Waals surface area contributed by atoms with Gasteiger partial charge in [-0.3, -0.25) is 4.79 Å². The zero-order valence-corrected chi connectivity index (χ0v) is 14.0. The SMILES string of the molecule is CNC1CCN(C(=O)c2csc(-c3ccccc3Cl)n2)CC1. The first-order chi connectivity index (χ1) is 10.7. The Balaban J connectivity index is 1.74. The molecule has 22 heavy (non-hydrogen) atoms. The maximum Gasteiger partial charge on any atom is 0.273 e. The van der Waals surface area contributed by atoms with Crippen LogP contribution >= 0.6 is 22.9 Å². The summed E-state index contributed by atoms with van der Waals surface area (Å²) in [6, 6.07) is 8.08. The van der Waals surface area contributed by atoms with Gasteiger partial charge in [0.1, 0.15) is 10.7 Å². The van der Waals surface area contributed by atoms with Gasteiger partial charge in [0.05, 0.1) is 5.02 Å². The highest BCUT2D eigenvalue weighted by Crippen LogP contribution is 2.30. The van der Waals surface area contributed by atoms with Gasteiger partial charge in [0.15, 0.2) is 0 Å². The highest BCUT2D eigenvalue weighted by Gasteiger charge is 2.24. The summed E-state index contributed by atoms with van der Waals surface area (Å²) in [6.45, 7) is 1.56. The Morgan fingerprint density at radius 1 is 1.36 bits per heavy atom. The van der Waals surface area contributed by atoms with E-state index in [1.807, 2.05) is 41.6 Å². The molecule has 1 aromatic heterocycles. The molecule has 0 atom stereocenters. The van der Waals surface area contributed by atoms with E-state index < -0.39 is 0 Å². The Labute approximate surface area is 139 Å². The Morgan fingerprint density at radius 3 is 2.77 bits per heavy atom. The van der Waals surface area contributed by atoms with Gasteiger partial charge in [-0.15, -0.1) is 11.3 Å². The number of benzene rings is 1. The average molecular weight is 336 g/mol. The number of hydrogen-bond acceptors (Lipinski definition) is 4. The molecule has 1 aromatic carbocycles. The normalized spacial score (nSPS) is 16.0. The molecule has 0 spiro atoms. The van der Waals surface area contributed by atoms with E-state index in [4.69, 9.17) is 11.6 Å². The van der Waals surface area contributed by atoms with Crippen molar-refractivity contribution in [2.75, 3.05) is 20.1 Å². The molecule has 0 aliphatic carbocycles. The molecule has 6 heteroatoms. The van der Waals surface area contributed by atoms with E-state index in [-0.39, 0.29) is 5.91 Å². The molecule has 0 bridgehead atoms. The molecule has 0 radical (unpaired) electrons. The molecular formula is C16H18ClN3OS. The Hall–Kier alpha value is -1.43. The smallest absolute Gasteiger partial charge is 0.273 e. The highest BCUT2D eigenvalue weighted by atomic mass is 35.5. The van der Waals surface area contributed by atoms with Crippen molar-refractivity contribution >= 4 is 28.8 Å². The summed E-state index contributed by atoms with van der Waals surface area (Å²) >= 11 is 7.65. The van der Waals surface area contributed by atoms with E-state index in [1.54, 1.807) is 0 Å². The lowest BCUT2D eigenvalue weighted by Crippen LogP contribution is -2.44. The number of rotatable bonds is 3. The summed E-state index contributed by atoms with van der Waals surface area (Å²) in [4.78, 5) is 18.9. The number of nitrogens with one attached hydrogen (secondary N) is 1. The minimum atomic E-state index is 0.0177. The number of hydrogen-bond donors (Lipinski definition) is 1. The molecule has 1 fully saturated rings. The number of amides is 1. The molecule has 1 aliphatic rings. The third-order valence-electron chi connectivity index (χ3n) is 4.02. The van der Waals surface area contributed by atoms with Gasteiger partial charge in [-0.05, 0) is 26.0 Å². The fraction of sp³-hybridized carbons (Fsp3) is 0.375. The van der Waals surface area contributed by atoms with Crippen molar-refractivity contribution in [1.29, 1.82) is 0 Å². The summed E-state index contributed by atoms with van der Waals surface area (Å²) in [5.41, 5.74) is 1.39. The molecule has 1 amide bonds. The van der Waals surface area contributed by atoms with Crippen molar-refractivity contribution in [2.45, 2.75) is 18.9 Å². The van der Waals surface area contributed by atoms with Crippen molar-refractivity contribution in [3.63, 3.8) is 0 Å². The lowest BCUT2D eigenvalue weighted by Gasteiger charge is -2.31. The maximum absolute atomic E-state index is 12.5. The summed E-state index contributed by atoms with van der Waals surface area (Å²) < 4.78 is 0. The van der Waals surface area contributed by atoms with Crippen LogP contribution in [0.3, 0.4) is 0 Å². The molecule has 116 valence electrons. The van der Waals surface area contributed by atoms with Crippen LogP contribution in [0.1, 0.15) is 23.3 Å². The number of piperidine rings is 1.